The standard InChI is InChI=1S/C12H21N3O/c1-3-16-10(2)8-15-9-13-7-12(15)11-5-4-6-14-11/h7,9-11,14H,3-6,8H2,1-2H3. The van der Waals surface area contributed by atoms with Crippen molar-refractivity contribution in [1.29, 1.82) is 0 Å². The minimum atomic E-state index is 0.249. The molecule has 2 unspecified atom stereocenters. The number of aromatic nitrogens is 2. The second-order valence-electron chi connectivity index (χ2n) is 4.39. The lowest BCUT2D eigenvalue weighted by molar-refractivity contribution is 0.0632. The Kier molecular flexibility index (Phi) is 3.96. The van der Waals surface area contributed by atoms with Gasteiger partial charge in [0.05, 0.1) is 18.1 Å². The van der Waals surface area contributed by atoms with E-state index in [1.165, 1.54) is 18.5 Å². The zero-order valence-corrected chi connectivity index (χ0v) is 10.1. The average Bonchev–Trinajstić information content (AvgIpc) is 2.86. The highest BCUT2D eigenvalue weighted by atomic mass is 16.5. The molecule has 4 nitrogen and oxygen atoms in total. The molecule has 1 saturated heterocycles. The van der Waals surface area contributed by atoms with E-state index in [9.17, 15) is 0 Å². The molecule has 1 aliphatic rings. The Morgan fingerprint density at radius 1 is 1.69 bits per heavy atom. The molecule has 0 bridgehead atoms. The first kappa shape index (κ1) is 11.6. The van der Waals surface area contributed by atoms with Gasteiger partial charge in [0.25, 0.3) is 0 Å². The predicted octanol–water partition coefficient (Wildman–Crippen LogP) is 1.73. The molecule has 0 aliphatic carbocycles. The van der Waals surface area contributed by atoms with Crippen LogP contribution in [0.25, 0.3) is 0 Å². The summed E-state index contributed by atoms with van der Waals surface area (Å²) in [5.74, 6) is 0. The molecule has 1 aromatic heterocycles. The number of hydrogen-bond acceptors (Lipinski definition) is 3. The van der Waals surface area contributed by atoms with Gasteiger partial charge in [0.15, 0.2) is 0 Å². The van der Waals surface area contributed by atoms with Crippen molar-refractivity contribution >= 4 is 0 Å². The molecule has 2 atom stereocenters. The normalized spacial score (nSPS) is 22.5. The minimum absolute atomic E-state index is 0.249. The second kappa shape index (κ2) is 5.46. The molecule has 0 amide bonds. The maximum Gasteiger partial charge on any atom is 0.0949 e. The van der Waals surface area contributed by atoms with E-state index in [-0.39, 0.29) is 6.10 Å². The SMILES string of the molecule is CCOC(C)Cn1cncc1C1CCCN1. The van der Waals surface area contributed by atoms with Gasteiger partial charge in [0.2, 0.25) is 0 Å². The Morgan fingerprint density at radius 2 is 2.56 bits per heavy atom. The number of nitrogens with one attached hydrogen (secondary N) is 1. The molecule has 1 N–H and O–H groups in total. The monoisotopic (exact) mass is 223 g/mol. The lowest BCUT2D eigenvalue weighted by Crippen LogP contribution is -2.21. The zero-order chi connectivity index (χ0) is 11.4. The van der Waals surface area contributed by atoms with Crippen LogP contribution in [0.4, 0.5) is 0 Å². The smallest absolute Gasteiger partial charge is 0.0949 e. The Morgan fingerprint density at radius 3 is 3.25 bits per heavy atom. The number of rotatable bonds is 5. The van der Waals surface area contributed by atoms with E-state index in [2.05, 4.69) is 21.8 Å². The van der Waals surface area contributed by atoms with Gasteiger partial charge in [-0.2, -0.15) is 0 Å². The Bertz CT molecular complexity index is 318. The van der Waals surface area contributed by atoms with Crippen molar-refractivity contribution in [3.63, 3.8) is 0 Å². The molecule has 2 heterocycles. The van der Waals surface area contributed by atoms with Crippen LogP contribution in [-0.4, -0.2) is 28.8 Å². The molecule has 1 aromatic rings. The van der Waals surface area contributed by atoms with Gasteiger partial charge in [-0.1, -0.05) is 0 Å². The van der Waals surface area contributed by atoms with E-state index in [0.717, 1.165) is 19.7 Å². The van der Waals surface area contributed by atoms with E-state index in [1.54, 1.807) is 0 Å². The Labute approximate surface area is 97.0 Å². The summed E-state index contributed by atoms with van der Waals surface area (Å²) in [4.78, 5) is 4.25. The van der Waals surface area contributed by atoms with Gasteiger partial charge >= 0.3 is 0 Å². The summed E-state index contributed by atoms with van der Waals surface area (Å²) in [7, 11) is 0. The fraction of sp³-hybridized carbons (Fsp3) is 0.750. The van der Waals surface area contributed by atoms with Gasteiger partial charge in [0.1, 0.15) is 0 Å². The summed E-state index contributed by atoms with van der Waals surface area (Å²) >= 11 is 0. The van der Waals surface area contributed by atoms with Crippen molar-refractivity contribution in [3.8, 4) is 0 Å². The Hall–Kier alpha value is -0.870. The molecule has 4 heteroatoms. The Balaban J connectivity index is 2.00. The summed E-state index contributed by atoms with van der Waals surface area (Å²) in [6, 6.07) is 0.483. The van der Waals surface area contributed by atoms with Crippen LogP contribution >= 0.6 is 0 Å². The summed E-state index contributed by atoms with van der Waals surface area (Å²) in [6.45, 7) is 6.92. The summed E-state index contributed by atoms with van der Waals surface area (Å²) in [5.41, 5.74) is 1.30. The van der Waals surface area contributed by atoms with Crippen LogP contribution in [-0.2, 0) is 11.3 Å². The summed E-state index contributed by atoms with van der Waals surface area (Å²) < 4.78 is 7.78. The van der Waals surface area contributed by atoms with E-state index in [0.29, 0.717) is 6.04 Å². The molecule has 0 aromatic carbocycles. The molecular formula is C12H21N3O. The fourth-order valence-electron chi connectivity index (χ4n) is 2.32. The molecule has 2 rings (SSSR count). The van der Waals surface area contributed by atoms with Gasteiger partial charge in [-0.3, -0.25) is 0 Å². The van der Waals surface area contributed by atoms with Crippen LogP contribution in [0.2, 0.25) is 0 Å². The third kappa shape index (κ3) is 2.62. The lowest BCUT2D eigenvalue weighted by Gasteiger charge is -2.17. The number of ether oxygens (including phenoxy) is 1. The molecular weight excluding hydrogens is 202 g/mol. The van der Waals surface area contributed by atoms with Gasteiger partial charge in [-0.25, -0.2) is 4.98 Å². The van der Waals surface area contributed by atoms with Crippen LogP contribution in [0.1, 0.15) is 38.4 Å². The predicted molar refractivity (Wildman–Crippen MR) is 63.3 cm³/mol. The first-order valence-electron chi connectivity index (χ1n) is 6.16. The van der Waals surface area contributed by atoms with Gasteiger partial charge in [0, 0.05) is 25.4 Å². The topological polar surface area (TPSA) is 39.1 Å². The van der Waals surface area contributed by atoms with E-state index in [1.807, 2.05) is 19.4 Å². The van der Waals surface area contributed by atoms with Crippen molar-refractivity contribution in [2.24, 2.45) is 0 Å². The van der Waals surface area contributed by atoms with Gasteiger partial charge in [-0.15, -0.1) is 0 Å². The highest BCUT2D eigenvalue weighted by Gasteiger charge is 2.20. The van der Waals surface area contributed by atoms with Crippen molar-refractivity contribution in [2.45, 2.75) is 45.4 Å². The quantitative estimate of drug-likeness (QED) is 0.826. The molecule has 0 spiro atoms. The van der Waals surface area contributed by atoms with E-state index < -0.39 is 0 Å². The van der Waals surface area contributed by atoms with Gasteiger partial charge < -0.3 is 14.6 Å². The number of imidazole rings is 1. The van der Waals surface area contributed by atoms with E-state index >= 15 is 0 Å². The highest BCUT2D eigenvalue weighted by molar-refractivity contribution is 5.07. The van der Waals surface area contributed by atoms with Crippen LogP contribution in [0.15, 0.2) is 12.5 Å². The fourth-order valence-corrected chi connectivity index (χ4v) is 2.32. The summed E-state index contributed by atoms with van der Waals surface area (Å²) in [6.07, 6.45) is 6.61. The van der Waals surface area contributed by atoms with E-state index in [4.69, 9.17) is 4.74 Å². The number of hydrogen-bond donors (Lipinski definition) is 1. The number of nitrogens with zero attached hydrogens (tertiary/aromatic N) is 2. The maximum atomic E-state index is 5.56. The third-order valence-electron chi connectivity index (χ3n) is 3.07. The molecule has 0 radical (unpaired) electrons. The van der Waals surface area contributed by atoms with Gasteiger partial charge in [-0.05, 0) is 33.2 Å². The summed E-state index contributed by atoms with van der Waals surface area (Å²) in [5, 5.41) is 3.50. The molecule has 16 heavy (non-hydrogen) atoms. The lowest BCUT2D eigenvalue weighted by atomic mass is 10.2. The van der Waals surface area contributed by atoms with Crippen LogP contribution in [0.5, 0.6) is 0 Å². The molecule has 1 aliphatic heterocycles. The van der Waals surface area contributed by atoms with Crippen molar-refractivity contribution < 1.29 is 4.74 Å². The largest absolute Gasteiger partial charge is 0.377 e. The maximum absolute atomic E-state index is 5.56. The second-order valence-corrected chi connectivity index (χ2v) is 4.39. The molecule has 90 valence electrons. The highest BCUT2D eigenvalue weighted by Crippen LogP contribution is 2.22. The third-order valence-corrected chi connectivity index (χ3v) is 3.07. The minimum Gasteiger partial charge on any atom is -0.377 e. The van der Waals surface area contributed by atoms with Crippen LogP contribution in [0.3, 0.4) is 0 Å². The first-order valence-corrected chi connectivity index (χ1v) is 6.16. The zero-order valence-electron chi connectivity index (χ0n) is 10.1. The van der Waals surface area contributed by atoms with Crippen molar-refractivity contribution in [1.82, 2.24) is 14.9 Å². The first-order chi connectivity index (χ1) is 7.81. The van der Waals surface area contributed by atoms with Crippen LogP contribution in [0, 0.1) is 0 Å². The molecule has 0 saturated carbocycles. The molecule has 1 fully saturated rings. The van der Waals surface area contributed by atoms with Crippen molar-refractivity contribution in [3.05, 3.63) is 18.2 Å². The van der Waals surface area contributed by atoms with Crippen LogP contribution < -0.4 is 5.32 Å². The van der Waals surface area contributed by atoms with Crippen molar-refractivity contribution in [2.75, 3.05) is 13.2 Å². The average molecular weight is 223 g/mol.